The molecule has 1 fully saturated rings. The van der Waals surface area contributed by atoms with Crippen LogP contribution in [-0.2, 0) is 0 Å². The molecule has 84 valence electrons. The SMILES string of the molecule is CC(O)CN1CCCC(C(F)(F)F)C1. The third-order valence-electron chi connectivity index (χ3n) is 2.49. The minimum absolute atomic E-state index is 0.0361. The molecule has 2 nitrogen and oxygen atoms in total. The third kappa shape index (κ3) is 3.46. The van der Waals surface area contributed by atoms with Gasteiger partial charge < -0.3 is 10.0 Å². The van der Waals surface area contributed by atoms with Crippen molar-refractivity contribution in [2.45, 2.75) is 32.0 Å². The van der Waals surface area contributed by atoms with Crippen LogP contribution >= 0.6 is 0 Å². The monoisotopic (exact) mass is 211 g/mol. The zero-order valence-electron chi connectivity index (χ0n) is 8.22. The topological polar surface area (TPSA) is 23.5 Å². The lowest BCUT2D eigenvalue weighted by molar-refractivity contribution is -0.187. The molecule has 0 amide bonds. The first-order valence-electron chi connectivity index (χ1n) is 4.86. The van der Waals surface area contributed by atoms with E-state index in [2.05, 4.69) is 0 Å². The number of alkyl halides is 3. The Kier molecular flexibility index (Phi) is 3.78. The van der Waals surface area contributed by atoms with E-state index in [-0.39, 0.29) is 13.0 Å². The van der Waals surface area contributed by atoms with Gasteiger partial charge in [0, 0.05) is 13.1 Å². The van der Waals surface area contributed by atoms with Crippen LogP contribution in [0.1, 0.15) is 19.8 Å². The van der Waals surface area contributed by atoms with Gasteiger partial charge in [-0.3, -0.25) is 0 Å². The summed E-state index contributed by atoms with van der Waals surface area (Å²) in [5.41, 5.74) is 0. The molecular weight excluding hydrogens is 195 g/mol. The van der Waals surface area contributed by atoms with E-state index in [0.29, 0.717) is 19.5 Å². The number of β-amino-alcohol motifs (C(OH)–C–C–N with tert-alkyl or cyclic N) is 1. The first kappa shape index (κ1) is 11.8. The van der Waals surface area contributed by atoms with Crippen molar-refractivity contribution in [1.29, 1.82) is 0 Å². The number of hydrogen-bond donors (Lipinski definition) is 1. The molecule has 0 spiro atoms. The Balaban J connectivity index is 2.44. The molecule has 1 rings (SSSR count). The molecule has 0 aliphatic carbocycles. The molecule has 0 aromatic rings. The third-order valence-corrected chi connectivity index (χ3v) is 2.49. The lowest BCUT2D eigenvalue weighted by atomic mass is 9.97. The lowest BCUT2D eigenvalue weighted by Crippen LogP contribution is -2.44. The first-order chi connectivity index (χ1) is 6.39. The second-order valence-corrected chi connectivity index (χ2v) is 3.99. The molecule has 0 aromatic carbocycles. The molecule has 14 heavy (non-hydrogen) atoms. The second-order valence-electron chi connectivity index (χ2n) is 3.99. The van der Waals surface area contributed by atoms with Crippen molar-refractivity contribution < 1.29 is 18.3 Å². The van der Waals surface area contributed by atoms with E-state index in [1.807, 2.05) is 0 Å². The number of halogens is 3. The second kappa shape index (κ2) is 4.49. The Morgan fingerprint density at radius 1 is 1.50 bits per heavy atom. The maximum absolute atomic E-state index is 12.4. The Labute approximate surface area is 81.7 Å². The van der Waals surface area contributed by atoms with Crippen LogP contribution in [0.25, 0.3) is 0 Å². The average molecular weight is 211 g/mol. The van der Waals surface area contributed by atoms with Crippen LogP contribution in [0, 0.1) is 5.92 Å². The van der Waals surface area contributed by atoms with E-state index < -0.39 is 18.2 Å². The number of likely N-dealkylation sites (tertiary alicyclic amines) is 1. The maximum Gasteiger partial charge on any atom is 0.393 e. The van der Waals surface area contributed by atoms with E-state index in [1.165, 1.54) is 0 Å². The predicted octanol–water partition coefficient (Wildman–Crippen LogP) is 1.64. The van der Waals surface area contributed by atoms with Crippen LogP contribution in [0.3, 0.4) is 0 Å². The molecule has 1 saturated heterocycles. The summed E-state index contributed by atoms with van der Waals surface area (Å²) < 4.78 is 37.1. The fraction of sp³-hybridized carbons (Fsp3) is 1.00. The summed E-state index contributed by atoms with van der Waals surface area (Å²) in [6.45, 7) is 2.63. The van der Waals surface area contributed by atoms with Gasteiger partial charge in [-0.2, -0.15) is 13.2 Å². The zero-order valence-corrected chi connectivity index (χ0v) is 8.22. The molecule has 1 N–H and O–H groups in total. The number of hydrogen-bond acceptors (Lipinski definition) is 2. The van der Waals surface area contributed by atoms with Gasteiger partial charge in [-0.05, 0) is 26.3 Å². The van der Waals surface area contributed by atoms with E-state index in [0.717, 1.165) is 0 Å². The molecule has 2 atom stereocenters. The van der Waals surface area contributed by atoms with Gasteiger partial charge in [0.2, 0.25) is 0 Å². The fourth-order valence-electron chi connectivity index (χ4n) is 1.86. The molecule has 1 aliphatic rings. The van der Waals surface area contributed by atoms with E-state index in [9.17, 15) is 13.2 Å². The van der Waals surface area contributed by atoms with Crippen LogP contribution in [0.5, 0.6) is 0 Å². The Morgan fingerprint density at radius 3 is 2.64 bits per heavy atom. The van der Waals surface area contributed by atoms with Gasteiger partial charge in [0.15, 0.2) is 0 Å². The molecule has 1 heterocycles. The van der Waals surface area contributed by atoms with Crippen molar-refractivity contribution in [2.24, 2.45) is 5.92 Å². The highest BCUT2D eigenvalue weighted by molar-refractivity contribution is 4.78. The summed E-state index contributed by atoms with van der Waals surface area (Å²) in [6, 6.07) is 0. The van der Waals surface area contributed by atoms with Crippen LogP contribution in [0.4, 0.5) is 13.2 Å². The molecule has 0 bridgehead atoms. The lowest BCUT2D eigenvalue weighted by Gasteiger charge is -2.34. The van der Waals surface area contributed by atoms with Gasteiger partial charge in [-0.1, -0.05) is 0 Å². The fourth-order valence-corrected chi connectivity index (χ4v) is 1.86. The van der Waals surface area contributed by atoms with Crippen molar-refractivity contribution in [1.82, 2.24) is 4.90 Å². The standard InChI is InChI=1S/C9H16F3NO/c1-7(14)5-13-4-2-3-8(6-13)9(10,11)12/h7-8,14H,2-6H2,1H3. The molecule has 1 aliphatic heterocycles. The van der Waals surface area contributed by atoms with Crippen LogP contribution in [0.15, 0.2) is 0 Å². The van der Waals surface area contributed by atoms with Gasteiger partial charge in [-0.15, -0.1) is 0 Å². The number of aliphatic hydroxyl groups is 1. The van der Waals surface area contributed by atoms with Crippen LogP contribution < -0.4 is 0 Å². The zero-order chi connectivity index (χ0) is 10.8. The van der Waals surface area contributed by atoms with Crippen molar-refractivity contribution >= 4 is 0 Å². The van der Waals surface area contributed by atoms with Crippen molar-refractivity contribution in [3.8, 4) is 0 Å². The molecule has 0 radical (unpaired) electrons. The van der Waals surface area contributed by atoms with Gasteiger partial charge >= 0.3 is 6.18 Å². The summed E-state index contributed by atoms with van der Waals surface area (Å²) in [7, 11) is 0. The van der Waals surface area contributed by atoms with Crippen LogP contribution in [0.2, 0.25) is 0 Å². The molecular formula is C9H16F3NO. The summed E-state index contributed by atoms with van der Waals surface area (Å²) >= 11 is 0. The number of rotatable bonds is 2. The Morgan fingerprint density at radius 2 is 2.14 bits per heavy atom. The highest BCUT2D eigenvalue weighted by atomic mass is 19.4. The quantitative estimate of drug-likeness (QED) is 0.750. The molecule has 5 heteroatoms. The summed E-state index contributed by atoms with van der Waals surface area (Å²) in [4.78, 5) is 1.69. The van der Waals surface area contributed by atoms with E-state index in [4.69, 9.17) is 5.11 Å². The van der Waals surface area contributed by atoms with E-state index >= 15 is 0 Å². The molecule has 0 aromatic heterocycles. The highest BCUT2D eigenvalue weighted by Crippen LogP contribution is 2.32. The number of aliphatic hydroxyl groups excluding tert-OH is 1. The van der Waals surface area contributed by atoms with Gasteiger partial charge in [-0.25, -0.2) is 0 Å². The average Bonchev–Trinajstić information content (AvgIpc) is 2.01. The minimum atomic E-state index is -4.09. The predicted molar refractivity (Wildman–Crippen MR) is 46.9 cm³/mol. The Bertz CT molecular complexity index is 181. The van der Waals surface area contributed by atoms with E-state index in [1.54, 1.807) is 11.8 Å². The summed E-state index contributed by atoms with van der Waals surface area (Å²) in [6.07, 6.45) is -3.85. The Hall–Kier alpha value is -0.290. The van der Waals surface area contributed by atoms with Gasteiger partial charge in [0.05, 0.1) is 12.0 Å². The minimum Gasteiger partial charge on any atom is -0.392 e. The summed E-state index contributed by atoms with van der Waals surface area (Å²) in [5.74, 6) is -1.21. The van der Waals surface area contributed by atoms with Crippen molar-refractivity contribution in [3.05, 3.63) is 0 Å². The number of piperidine rings is 1. The first-order valence-corrected chi connectivity index (χ1v) is 4.86. The van der Waals surface area contributed by atoms with Gasteiger partial charge in [0.25, 0.3) is 0 Å². The smallest absolute Gasteiger partial charge is 0.392 e. The van der Waals surface area contributed by atoms with Crippen molar-refractivity contribution in [3.63, 3.8) is 0 Å². The number of nitrogens with zero attached hydrogens (tertiary/aromatic N) is 1. The van der Waals surface area contributed by atoms with Crippen LogP contribution in [-0.4, -0.2) is 41.9 Å². The molecule has 0 saturated carbocycles. The van der Waals surface area contributed by atoms with Gasteiger partial charge in [0.1, 0.15) is 0 Å². The summed E-state index contributed by atoms with van der Waals surface area (Å²) in [5, 5.41) is 9.07. The molecule has 2 unspecified atom stereocenters. The maximum atomic E-state index is 12.4. The highest BCUT2D eigenvalue weighted by Gasteiger charge is 2.41. The van der Waals surface area contributed by atoms with Crippen molar-refractivity contribution in [2.75, 3.05) is 19.6 Å². The normalized spacial score (nSPS) is 27.6. The largest absolute Gasteiger partial charge is 0.393 e.